The quantitative estimate of drug-likeness (QED) is 0.853. The summed E-state index contributed by atoms with van der Waals surface area (Å²) < 4.78 is 6.50. The molecule has 0 aromatic heterocycles. The van der Waals surface area contributed by atoms with Crippen LogP contribution in [0.15, 0.2) is 28.7 Å². The number of carboxylic acids is 1. The highest BCUT2D eigenvalue weighted by Gasteiger charge is 2.35. The van der Waals surface area contributed by atoms with Gasteiger partial charge in [0, 0.05) is 24.0 Å². The van der Waals surface area contributed by atoms with E-state index in [1.165, 1.54) is 0 Å². The van der Waals surface area contributed by atoms with Gasteiger partial charge in [0.2, 0.25) is 0 Å². The highest BCUT2D eigenvalue weighted by Crippen LogP contribution is 2.19. The van der Waals surface area contributed by atoms with Crippen LogP contribution < -0.4 is 4.74 Å². The van der Waals surface area contributed by atoms with E-state index in [-0.39, 0.29) is 6.42 Å². The number of hydrogen-bond donors (Lipinski definition) is 2. The molecule has 5 nitrogen and oxygen atoms in total. The van der Waals surface area contributed by atoms with E-state index in [0.717, 1.165) is 10.2 Å². The lowest BCUT2D eigenvalue weighted by Crippen LogP contribution is -2.38. The maximum atomic E-state index is 11.0. The monoisotopic (exact) mass is 329 g/mol. The van der Waals surface area contributed by atoms with E-state index >= 15 is 0 Å². The van der Waals surface area contributed by atoms with Crippen molar-refractivity contribution < 1.29 is 19.7 Å². The van der Waals surface area contributed by atoms with E-state index in [1.54, 1.807) is 4.90 Å². The number of β-amino-alcohol motifs (C(OH)–C–C–N with tert-alkyl or cyclic N) is 1. The van der Waals surface area contributed by atoms with Gasteiger partial charge >= 0.3 is 5.97 Å². The molecule has 2 N–H and O–H groups in total. The number of benzene rings is 1. The number of rotatable bonds is 5. The van der Waals surface area contributed by atoms with Gasteiger partial charge in [-0.1, -0.05) is 22.0 Å². The standard InChI is InChI=1S/C13H16BrNO4/c14-9-2-1-3-11(6-9)19-5-4-15-8-10(16)7-12(15)13(17)18/h1-3,6,10,12,16H,4-5,7-8H2,(H,17,18). The van der Waals surface area contributed by atoms with Crippen molar-refractivity contribution in [3.8, 4) is 5.75 Å². The molecule has 2 unspecified atom stereocenters. The summed E-state index contributed by atoms with van der Waals surface area (Å²) in [5, 5.41) is 18.6. The van der Waals surface area contributed by atoms with Crippen LogP contribution in [0.3, 0.4) is 0 Å². The van der Waals surface area contributed by atoms with E-state index in [4.69, 9.17) is 9.84 Å². The molecule has 104 valence electrons. The third-order valence-corrected chi connectivity index (χ3v) is 3.60. The second-order valence-electron chi connectivity index (χ2n) is 4.54. The molecule has 1 aliphatic rings. The van der Waals surface area contributed by atoms with Gasteiger partial charge in [0.25, 0.3) is 0 Å². The van der Waals surface area contributed by atoms with Crippen LogP contribution in [0.2, 0.25) is 0 Å². The van der Waals surface area contributed by atoms with Crippen LogP contribution in [-0.4, -0.2) is 52.9 Å². The molecule has 2 atom stereocenters. The number of carbonyl (C=O) groups is 1. The van der Waals surface area contributed by atoms with Crippen molar-refractivity contribution in [3.63, 3.8) is 0 Å². The molecule has 1 fully saturated rings. The minimum absolute atomic E-state index is 0.284. The summed E-state index contributed by atoms with van der Waals surface area (Å²) in [4.78, 5) is 12.8. The van der Waals surface area contributed by atoms with Crippen molar-refractivity contribution in [2.75, 3.05) is 19.7 Å². The third kappa shape index (κ3) is 3.92. The van der Waals surface area contributed by atoms with Gasteiger partial charge in [-0.2, -0.15) is 0 Å². The lowest BCUT2D eigenvalue weighted by Gasteiger charge is -2.20. The summed E-state index contributed by atoms with van der Waals surface area (Å²) in [6.07, 6.45) is -0.279. The Labute approximate surface area is 119 Å². The lowest BCUT2D eigenvalue weighted by molar-refractivity contribution is -0.142. The zero-order valence-corrected chi connectivity index (χ0v) is 11.9. The molecule has 0 spiro atoms. The number of aliphatic hydroxyl groups excluding tert-OH is 1. The first-order valence-electron chi connectivity index (χ1n) is 6.09. The number of nitrogens with zero attached hydrogens (tertiary/aromatic N) is 1. The highest BCUT2D eigenvalue weighted by molar-refractivity contribution is 9.10. The Balaban J connectivity index is 1.83. The third-order valence-electron chi connectivity index (χ3n) is 3.11. The zero-order valence-electron chi connectivity index (χ0n) is 10.3. The average Bonchev–Trinajstić information content (AvgIpc) is 2.71. The van der Waals surface area contributed by atoms with E-state index in [2.05, 4.69) is 15.9 Å². The van der Waals surface area contributed by atoms with Gasteiger partial charge < -0.3 is 14.9 Å². The molecular weight excluding hydrogens is 314 g/mol. The van der Waals surface area contributed by atoms with Crippen LogP contribution >= 0.6 is 15.9 Å². The van der Waals surface area contributed by atoms with Crippen molar-refractivity contribution >= 4 is 21.9 Å². The maximum Gasteiger partial charge on any atom is 0.321 e. The van der Waals surface area contributed by atoms with E-state index in [1.807, 2.05) is 24.3 Å². The van der Waals surface area contributed by atoms with Crippen molar-refractivity contribution in [1.82, 2.24) is 4.90 Å². The predicted octanol–water partition coefficient (Wildman–Crippen LogP) is 1.35. The van der Waals surface area contributed by atoms with Crippen molar-refractivity contribution in [1.29, 1.82) is 0 Å². The fraction of sp³-hybridized carbons (Fsp3) is 0.462. The average molecular weight is 330 g/mol. The Morgan fingerprint density at radius 3 is 3.00 bits per heavy atom. The SMILES string of the molecule is O=C(O)C1CC(O)CN1CCOc1cccc(Br)c1. The molecule has 0 bridgehead atoms. The first kappa shape index (κ1) is 14.3. The van der Waals surface area contributed by atoms with Crippen LogP contribution in [0, 0.1) is 0 Å². The smallest absolute Gasteiger partial charge is 0.321 e. The molecule has 1 aromatic carbocycles. The molecule has 1 heterocycles. The Morgan fingerprint density at radius 1 is 1.53 bits per heavy atom. The molecule has 0 aliphatic carbocycles. The fourth-order valence-electron chi connectivity index (χ4n) is 2.22. The van der Waals surface area contributed by atoms with Gasteiger partial charge in [-0.25, -0.2) is 0 Å². The Morgan fingerprint density at radius 2 is 2.32 bits per heavy atom. The van der Waals surface area contributed by atoms with Crippen LogP contribution in [-0.2, 0) is 4.79 Å². The minimum Gasteiger partial charge on any atom is -0.492 e. The topological polar surface area (TPSA) is 70.0 Å². The molecule has 1 saturated heterocycles. The van der Waals surface area contributed by atoms with Gasteiger partial charge in [0.15, 0.2) is 0 Å². The fourth-order valence-corrected chi connectivity index (χ4v) is 2.60. The molecule has 19 heavy (non-hydrogen) atoms. The largest absolute Gasteiger partial charge is 0.492 e. The van der Waals surface area contributed by atoms with Crippen molar-refractivity contribution in [3.05, 3.63) is 28.7 Å². The molecule has 1 aliphatic heterocycles. The summed E-state index contributed by atoms with van der Waals surface area (Å²) in [5.74, 6) is -0.153. The Hall–Kier alpha value is -1.11. The minimum atomic E-state index is -0.890. The van der Waals surface area contributed by atoms with Gasteiger partial charge in [-0.05, 0) is 18.2 Å². The van der Waals surface area contributed by atoms with Crippen LogP contribution in [0.5, 0.6) is 5.75 Å². The molecular formula is C13H16BrNO4. The zero-order chi connectivity index (χ0) is 13.8. The first-order valence-corrected chi connectivity index (χ1v) is 6.89. The molecule has 1 aromatic rings. The molecule has 6 heteroatoms. The summed E-state index contributed by atoms with van der Waals surface area (Å²) in [6, 6.07) is 6.87. The summed E-state index contributed by atoms with van der Waals surface area (Å²) >= 11 is 3.36. The number of likely N-dealkylation sites (tertiary alicyclic amines) is 1. The highest BCUT2D eigenvalue weighted by atomic mass is 79.9. The second-order valence-corrected chi connectivity index (χ2v) is 5.46. The first-order chi connectivity index (χ1) is 9.06. The van der Waals surface area contributed by atoms with E-state index in [0.29, 0.717) is 19.7 Å². The van der Waals surface area contributed by atoms with Gasteiger partial charge in [0.05, 0.1) is 6.10 Å². The predicted molar refractivity (Wildman–Crippen MR) is 73.3 cm³/mol. The summed E-state index contributed by atoms with van der Waals surface area (Å²) in [7, 11) is 0. The van der Waals surface area contributed by atoms with Crippen LogP contribution in [0.25, 0.3) is 0 Å². The Kier molecular flexibility index (Phi) is 4.79. The molecule has 0 amide bonds. The number of halogens is 1. The van der Waals surface area contributed by atoms with Gasteiger partial charge in [-0.3, -0.25) is 9.69 Å². The molecule has 0 saturated carbocycles. The number of hydrogen-bond acceptors (Lipinski definition) is 4. The lowest BCUT2D eigenvalue weighted by atomic mass is 10.2. The molecule has 0 radical (unpaired) electrons. The number of aliphatic hydroxyl groups is 1. The van der Waals surface area contributed by atoms with Gasteiger partial charge in [0.1, 0.15) is 18.4 Å². The normalized spacial score (nSPS) is 23.5. The van der Waals surface area contributed by atoms with Crippen LogP contribution in [0.4, 0.5) is 0 Å². The number of carboxylic acid groups (broad SMARTS) is 1. The number of aliphatic carboxylic acids is 1. The second kappa shape index (κ2) is 6.36. The number of ether oxygens (including phenoxy) is 1. The van der Waals surface area contributed by atoms with E-state index < -0.39 is 18.1 Å². The molecule has 2 rings (SSSR count). The van der Waals surface area contributed by atoms with E-state index in [9.17, 15) is 9.90 Å². The van der Waals surface area contributed by atoms with Crippen molar-refractivity contribution in [2.24, 2.45) is 0 Å². The summed E-state index contributed by atoms with van der Waals surface area (Å²) in [5.41, 5.74) is 0. The van der Waals surface area contributed by atoms with Crippen LogP contribution in [0.1, 0.15) is 6.42 Å². The van der Waals surface area contributed by atoms with Gasteiger partial charge in [-0.15, -0.1) is 0 Å². The van der Waals surface area contributed by atoms with Crippen molar-refractivity contribution in [2.45, 2.75) is 18.6 Å². The Bertz CT molecular complexity index is 454. The summed E-state index contributed by atoms with van der Waals surface area (Å²) in [6.45, 7) is 1.27. The maximum absolute atomic E-state index is 11.0.